The van der Waals surface area contributed by atoms with Crippen molar-refractivity contribution in [1.82, 2.24) is 9.97 Å². The summed E-state index contributed by atoms with van der Waals surface area (Å²) >= 11 is 3.31. The summed E-state index contributed by atoms with van der Waals surface area (Å²) in [6, 6.07) is 4.95. The van der Waals surface area contributed by atoms with Crippen molar-refractivity contribution in [1.29, 1.82) is 0 Å². The van der Waals surface area contributed by atoms with E-state index >= 15 is 0 Å². The summed E-state index contributed by atoms with van der Waals surface area (Å²) in [5.74, 6) is 0.581. The molecule has 0 unspecified atom stereocenters. The van der Waals surface area contributed by atoms with E-state index in [9.17, 15) is 4.39 Å². The van der Waals surface area contributed by atoms with Gasteiger partial charge in [-0.05, 0) is 34.5 Å². The van der Waals surface area contributed by atoms with E-state index in [0.29, 0.717) is 15.9 Å². The number of halogens is 2. The molecule has 1 N–H and O–H groups in total. The molecule has 2 aromatic rings. The summed E-state index contributed by atoms with van der Waals surface area (Å²) < 4.78 is 19.8. The van der Waals surface area contributed by atoms with Crippen molar-refractivity contribution in [3.63, 3.8) is 0 Å². The number of aromatic nitrogens is 2. The Morgan fingerprint density at radius 1 is 1.33 bits per heavy atom. The Hall–Kier alpha value is -1.69. The lowest BCUT2D eigenvalue weighted by molar-refractivity contribution is 0.422. The third-order valence-electron chi connectivity index (χ3n) is 2.36. The zero-order chi connectivity index (χ0) is 13.1. The van der Waals surface area contributed by atoms with E-state index in [0.717, 1.165) is 0 Å². The molecular formula is C12H11BrFN3O. The minimum atomic E-state index is -0.394. The van der Waals surface area contributed by atoms with Crippen molar-refractivity contribution >= 4 is 21.7 Å². The van der Waals surface area contributed by atoms with E-state index in [1.54, 1.807) is 32.2 Å². The zero-order valence-corrected chi connectivity index (χ0v) is 11.5. The molecular weight excluding hydrogens is 301 g/mol. The molecule has 0 aliphatic rings. The second kappa shape index (κ2) is 5.30. The highest BCUT2D eigenvalue weighted by Gasteiger charge is 2.13. The molecule has 0 aliphatic heterocycles. The van der Waals surface area contributed by atoms with E-state index < -0.39 is 5.82 Å². The van der Waals surface area contributed by atoms with Gasteiger partial charge in [0.05, 0.1) is 0 Å². The highest BCUT2D eigenvalue weighted by molar-refractivity contribution is 9.10. The molecule has 0 saturated heterocycles. The van der Waals surface area contributed by atoms with Crippen LogP contribution in [0.15, 0.2) is 29.0 Å². The Bertz CT molecular complexity index is 577. The predicted octanol–water partition coefficient (Wildman–Crippen LogP) is 3.52. The highest BCUT2D eigenvalue weighted by Crippen LogP contribution is 2.33. The number of aryl methyl sites for hydroxylation is 1. The predicted molar refractivity (Wildman–Crippen MR) is 70.5 cm³/mol. The van der Waals surface area contributed by atoms with Crippen LogP contribution in [0.2, 0.25) is 0 Å². The van der Waals surface area contributed by atoms with Gasteiger partial charge in [0.25, 0.3) is 0 Å². The van der Waals surface area contributed by atoms with Crippen LogP contribution in [-0.4, -0.2) is 17.0 Å². The first-order valence-electron chi connectivity index (χ1n) is 5.24. The molecule has 94 valence electrons. The molecule has 1 aromatic carbocycles. The molecule has 0 radical (unpaired) electrons. The standard InChI is InChI=1S/C12H11BrFN3O/c1-7-4-3-5-8(10(7)14)18-12-9(13)11(15-2)16-6-17-12/h3-6H,1-2H3,(H,15,16,17). The number of nitrogens with zero attached hydrogens (tertiary/aromatic N) is 2. The molecule has 0 atom stereocenters. The van der Waals surface area contributed by atoms with Gasteiger partial charge in [-0.25, -0.2) is 14.4 Å². The van der Waals surface area contributed by atoms with Crippen molar-refractivity contribution < 1.29 is 9.13 Å². The molecule has 1 heterocycles. The van der Waals surface area contributed by atoms with Crippen LogP contribution in [0, 0.1) is 12.7 Å². The fraction of sp³-hybridized carbons (Fsp3) is 0.167. The summed E-state index contributed by atoms with van der Waals surface area (Å²) in [6.45, 7) is 1.68. The minimum Gasteiger partial charge on any atom is -0.435 e. The molecule has 0 aliphatic carbocycles. The third kappa shape index (κ3) is 2.43. The normalized spacial score (nSPS) is 10.2. The molecule has 4 nitrogen and oxygen atoms in total. The van der Waals surface area contributed by atoms with Gasteiger partial charge in [0.2, 0.25) is 5.88 Å². The van der Waals surface area contributed by atoms with Crippen molar-refractivity contribution in [2.75, 3.05) is 12.4 Å². The van der Waals surface area contributed by atoms with Crippen molar-refractivity contribution in [2.24, 2.45) is 0 Å². The Labute approximate surface area is 112 Å². The lowest BCUT2D eigenvalue weighted by Gasteiger charge is -2.10. The van der Waals surface area contributed by atoms with Crippen LogP contribution in [0.3, 0.4) is 0 Å². The van der Waals surface area contributed by atoms with Gasteiger partial charge in [0.1, 0.15) is 16.6 Å². The van der Waals surface area contributed by atoms with Crippen molar-refractivity contribution in [3.05, 3.63) is 40.4 Å². The number of ether oxygens (including phenoxy) is 1. The monoisotopic (exact) mass is 311 g/mol. The summed E-state index contributed by atoms with van der Waals surface area (Å²) in [5, 5.41) is 2.88. The van der Waals surface area contributed by atoms with Crippen molar-refractivity contribution in [2.45, 2.75) is 6.92 Å². The van der Waals surface area contributed by atoms with Crippen LogP contribution in [0.1, 0.15) is 5.56 Å². The number of benzene rings is 1. The minimum absolute atomic E-state index is 0.136. The third-order valence-corrected chi connectivity index (χ3v) is 3.07. The van der Waals surface area contributed by atoms with Gasteiger partial charge in [-0.15, -0.1) is 0 Å². The average Bonchev–Trinajstić information content (AvgIpc) is 2.37. The van der Waals surface area contributed by atoms with Crippen LogP contribution < -0.4 is 10.1 Å². The second-order valence-corrected chi connectivity index (χ2v) is 4.37. The molecule has 0 fully saturated rings. The molecule has 2 rings (SSSR count). The summed E-state index contributed by atoms with van der Waals surface area (Å²) in [5.41, 5.74) is 0.520. The van der Waals surface area contributed by atoms with Gasteiger partial charge >= 0.3 is 0 Å². The van der Waals surface area contributed by atoms with E-state index in [1.807, 2.05) is 0 Å². The van der Waals surface area contributed by atoms with E-state index in [1.165, 1.54) is 6.33 Å². The van der Waals surface area contributed by atoms with Gasteiger partial charge in [-0.1, -0.05) is 12.1 Å². The average molecular weight is 312 g/mol. The van der Waals surface area contributed by atoms with E-state index in [2.05, 4.69) is 31.2 Å². The van der Waals surface area contributed by atoms with Crippen LogP contribution >= 0.6 is 15.9 Å². The smallest absolute Gasteiger partial charge is 0.239 e. The number of rotatable bonds is 3. The first-order chi connectivity index (χ1) is 8.63. The van der Waals surface area contributed by atoms with Gasteiger partial charge in [0.15, 0.2) is 11.6 Å². The molecule has 0 bridgehead atoms. The fourth-order valence-corrected chi connectivity index (χ4v) is 1.89. The fourth-order valence-electron chi connectivity index (χ4n) is 1.40. The number of hydrogen-bond acceptors (Lipinski definition) is 4. The zero-order valence-electron chi connectivity index (χ0n) is 9.87. The Morgan fingerprint density at radius 3 is 2.83 bits per heavy atom. The lowest BCUT2D eigenvalue weighted by Crippen LogP contribution is -1.99. The van der Waals surface area contributed by atoms with Gasteiger partial charge in [0, 0.05) is 7.05 Å². The molecule has 18 heavy (non-hydrogen) atoms. The highest BCUT2D eigenvalue weighted by atomic mass is 79.9. The van der Waals surface area contributed by atoms with Crippen molar-refractivity contribution in [3.8, 4) is 11.6 Å². The molecule has 6 heteroatoms. The van der Waals surface area contributed by atoms with E-state index in [4.69, 9.17) is 4.74 Å². The number of anilines is 1. The van der Waals surface area contributed by atoms with Crippen LogP contribution in [0.25, 0.3) is 0 Å². The van der Waals surface area contributed by atoms with Crippen LogP contribution in [0.4, 0.5) is 10.2 Å². The molecule has 0 amide bonds. The maximum atomic E-state index is 13.8. The SMILES string of the molecule is CNc1ncnc(Oc2cccc(C)c2F)c1Br. The maximum Gasteiger partial charge on any atom is 0.239 e. The summed E-state index contributed by atoms with van der Waals surface area (Å²) in [4.78, 5) is 7.96. The molecule has 0 spiro atoms. The van der Waals surface area contributed by atoms with E-state index in [-0.39, 0.29) is 11.6 Å². The number of nitrogens with one attached hydrogen (secondary N) is 1. The molecule has 1 aromatic heterocycles. The van der Waals surface area contributed by atoms with Crippen LogP contribution in [-0.2, 0) is 0 Å². The summed E-state index contributed by atoms with van der Waals surface area (Å²) in [7, 11) is 1.73. The molecule has 0 saturated carbocycles. The largest absolute Gasteiger partial charge is 0.435 e. The quantitative estimate of drug-likeness (QED) is 0.942. The van der Waals surface area contributed by atoms with Gasteiger partial charge in [-0.2, -0.15) is 0 Å². The topological polar surface area (TPSA) is 47.0 Å². The van der Waals surface area contributed by atoms with Crippen LogP contribution in [0.5, 0.6) is 11.6 Å². The Kier molecular flexibility index (Phi) is 3.76. The first-order valence-corrected chi connectivity index (χ1v) is 6.04. The maximum absolute atomic E-state index is 13.8. The van der Waals surface area contributed by atoms with Gasteiger partial charge < -0.3 is 10.1 Å². The Balaban J connectivity index is 2.37. The summed E-state index contributed by atoms with van der Waals surface area (Å²) in [6.07, 6.45) is 1.35. The first kappa shape index (κ1) is 12.8. The van der Waals surface area contributed by atoms with Gasteiger partial charge in [-0.3, -0.25) is 0 Å². The Morgan fingerprint density at radius 2 is 2.11 bits per heavy atom. The number of hydrogen-bond donors (Lipinski definition) is 1. The second-order valence-electron chi connectivity index (χ2n) is 3.58. The lowest BCUT2D eigenvalue weighted by atomic mass is 10.2.